The largest absolute Gasteiger partial charge is 0.508 e. The summed E-state index contributed by atoms with van der Waals surface area (Å²) in [4.78, 5) is 0. The summed E-state index contributed by atoms with van der Waals surface area (Å²) in [6.45, 7) is 17.6. The van der Waals surface area contributed by atoms with Crippen LogP contribution in [0.5, 0.6) is 34.5 Å². The standard InChI is InChI=1S/C36H42O6/c1-34(2,3)24-13-21(27(37)16-30(24)40)19-11-10-12-20(22-14-25(35(4,5)6)31(41)17-28(22)38)33(19)23-15-26(36(7,8)9)32(42)18-29(23)39/h10-18,37-42H,1-9H3. The van der Waals surface area contributed by atoms with Crippen molar-refractivity contribution in [2.45, 2.75) is 78.6 Å². The Bertz CT molecular complexity index is 1590. The number of hydrogen-bond donors (Lipinski definition) is 6. The highest BCUT2D eigenvalue weighted by molar-refractivity contribution is 5.99. The third-order valence-electron chi connectivity index (χ3n) is 7.68. The summed E-state index contributed by atoms with van der Waals surface area (Å²) in [6.07, 6.45) is 0. The summed E-state index contributed by atoms with van der Waals surface area (Å²) in [5.74, 6) is -0.604. The van der Waals surface area contributed by atoms with E-state index < -0.39 is 16.2 Å². The van der Waals surface area contributed by atoms with E-state index in [0.29, 0.717) is 50.1 Å². The first-order valence-corrected chi connectivity index (χ1v) is 14.0. The van der Waals surface area contributed by atoms with Crippen LogP contribution < -0.4 is 0 Å². The zero-order valence-electron chi connectivity index (χ0n) is 25.9. The Morgan fingerprint density at radius 1 is 0.357 bits per heavy atom. The van der Waals surface area contributed by atoms with Crippen LogP contribution in [-0.4, -0.2) is 30.6 Å². The Kier molecular flexibility index (Phi) is 7.44. The molecule has 0 aliphatic carbocycles. The maximum atomic E-state index is 11.3. The second kappa shape index (κ2) is 10.2. The molecule has 4 aromatic rings. The number of hydrogen-bond acceptors (Lipinski definition) is 6. The van der Waals surface area contributed by atoms with Crippen LogP contribution in [0, 0.1) is 0 Å². The number of aromatic hydroxyl groups is 6. The molecule has 42 heavy (non-hydrogen) atoms. The zero-order chi connectivity index (χ0) is 31.5. The van der Waals surface area contributed by atoms with E-state index in [9.17, 15) is 30.6 Å². The van der Waals surface area contributed by atoms with E-state index in [1.165, 1.54) is 18.2 Å². The normalized spacial score (nSPS) is 12.5. The zero-order valence-corrected chi connectivity index (χ0v) is 25.9. The topological polar surface area (TPSA) is 121 Å². The van der Waals surface area contributed by atoms with Crippen molar-refractivity contribution >= 4 is 0 Å². The van der Waals surface area contributed by atoms with Crippen LogP contribution in [0.4, 0.5) is 0 Å². The van der Waals surface area contributed by atoms with Gasteiger partial charge in [0.25, 0.3) is 0 Å². The van der Waals surface area contributed by atoms with E-state index in [1.54, 1.807) is 24.3 Å². The van der Waals surface area contributed by atoms with Gasteiger partial charge in [0.2, 0.25) is 0 Å². The quantitative estimate of drug-likeness (QED) is 0.146. The van der Waals surface area contributed by atoms with E-state index in [4.69, 9.17) is 0 Å². The fourth-order valence-corrected chi connectivity index (χ4v) is 5.46. The van der Waals surface area contributed by atoms with Gasteiger partial charge in [0.05, 0.1) is 0 Å². The molecule has 0 bridgehead atoms. The first-order chi connectivity index (χ1) is 19.2. The van der Waals surface area contributed by atoms with E-state index in [2.05, 4.69) is 0 Å². The summed E-state index contributed by atoms with van der Waals surface area (Å²) in [5.41, 5.74) is 3.32. The lowest BCUT2D eigenvalue weighted by Crippen LogP contribution is -2.12. The molecule has 0 spiro atoms. The van der Waals surface area contributed by atoms with Crippen LogP contribution in [-0.2, 0) is 16.2 Å². The third-order valence-corrected chi connectivity index (χ3v) is 7.68. The van der Waals surface area contributed by atoms with Crippen LogP contribution in [0.3, 0.4) is 0 Å². The van der Waals surface area contributed by atoms with Gasteiger partial charge in [-0.25, -0.2) is 0 Å². The predicted octanol–water partition coefficient (Wildman–Crippen LogP) is 8.81. The van der Waals surface area contributed by atoms with E-state index in [-0.39, 0.29) is 34.5 Å². The van der Waals surface area contributed by atoms with Gasteiger partial charge < -0.3 is 30.6 Å². The van der Waals surface area contributed by atoms with Crippen LogP contribution in [0.25, 0.3) is 33.4 Å². The fourth-order valence-electron chi connectivity index (χ4n) is 5.46. The molecular formula is C36H42O6. The highest BCUT2D eigenvalue weighted by atomic mass is 16.3. The Morgan fingerprint density at radius 2 is 0.643 bits per heavy atom. The molecule has 0 heterocycles. The fraction of sp³-hybridized carbons (Fsp3) is 0.333. The second-order valence-electron chi connectivity index (χ2n) is 14.1. The molecule has 0 unspecified atom stereocenters. The van der Waals surface area contributed by atoms with Crippen molar-refractivity contribution in [1.29, 1.82) is 0 Å². The van der Waals surface area contributed by atoms with Crippen molar-refractivity contribution < 1.29 is 30.6 Å². The Labute approximate surface area is 248 Å². The van der Waals surface area contributed by atoms with Gasteiger partial charge in [-0.1, -0.05) is 80.5 Å². The number of benzene rings is 4. The molecule has 6 N–H and O–H groups in total. The molecule has 0 aliphatic rings. The Balaban J connectivity index is 2.21. The van der Waals surface area contributed by atoms with Crippen molar-refractivity contribution in [3.8, 4) is 67.9 Å². The SMILES string of the molecule is CC(C)(C)c1cc(-c2cccc(-c3cc(C(C)(C)C)c(O)cc3O)c2-c2cc(C(C)(C)C)c(O)cc2O)c(O)cc1O. The third kappa shape index (κ3) is 5.58. The van der Waals surface area contributed by atoms with Gasteiger partial charge in [0.15, 0.2) is 0 Å². The molecule has 6 heteroatoms. The minimum atomic E-state index is -0.470. The van der Waals surface area contributed by atoms with E-state index >= 15 is 0 Å². The maximum absolute atomic E-state index is 11.3. The smallest absolute Gasteiger partial charge is 0.127 e. The van der Waals surface area contributed by atoms with Crippen molar-refractivity contribution in [2.24, 2.45) is 0 Å². The lowest BCUT2D eigenvalue weighted by Gasteiger charge is -2.26. The maximum Gasteiger partial charge on any atom is 0.127 e. The monoisotopic (exact) mass is 570 g/mol. The summed E-state index contributed by atoms with van der Waals surface area (Å²) >= 11 is 0. The molecule has 4 aromatic carbocycles. The van der Waals surface area contributed by atoms with Crippen LogP contribution in [0.1, 0.15) is 79.0 Å². The molecule has 0 radical (unpaired) electrons. The molecule has 0 aromatic heterocycles. The highest BCUT2D eigenvalue weighted by Gasteiger charge is 2.28. The number of phenolic OH excluding ortho intramolecular Hbond substituents is 6. The summed E-state index contributed by atoms with van der Waals surface area (Å²) in [5, 5.41) is 65.8. The van der Waals surface area contributed by atoms with Crippen molar-refractivity contribution in [2.75, 3.05) is 0 Å². The van der Waals surface area contributed by atoms with Crippen LogP contribution >= 0.6 is 0 Å². The van der Waals surface area contributed by atoms with Gasteiger partial charge >= 0.3 is 0 Å². The van der Waals surface area contributed by atoms with Crippen molar-refractivity contribution in [3.63, 3.8) is 0 Å². The van der Waals surface area contributed by atoms with Crippen LogP contribution in [0.2, 0.25) is 0 Å². The molecule has 0 atom stereocenters. The van der Waals surface area contributed by atoms with Gasteiger partial charge in [-0.05, 0) is 45.6 Å². The van der Waals surface area contributed by atoms with Gasteiger partial charge in [-0.3, -0.25) is 0 Å². The highest BCUT2D eigenvalue weighted by Crippen LogP contribution is 2.51. The summed E-state index contributed by atoms with van der Waals surface area (Å²) in [7, 11) is 0. The lowest BCUT2D eigenvalue weighted by molar-refractivity contribution is 0.431. The van der Waals surface area contributed by atoms with Gasteiger partial charge in [-0.2, -0.15) is 0 Å². The van der Waals surface area contributed by atoms with Gasteiger partial charge in [-0.15, -0.1) is 0 Å². The van der Waals surface area contributed by atoms with E-state index in [0.717, 1.165) is 0 Å². The van der Waals surface area contributed by atoms with E-state index in [1.807, 2.05) is 74.4 Å². The molecular weight excluding hydrogens is 528 g/mol. The Morgan fingerprint density at radius 3 is 0.952 bits per heavy atom. The molecule has 4 rings (SSSR count). The number of phenols is 6. The molecule has 0 aliphatic heterocycles. The average Bonchev–Trinajstić information content (AvgIpc) is 2.82. The lowest BCUT2D eigenvalue weighted by atomic mass is 9.79. The van der Waals surface area contributed by atoms with Crippen molar-refractivity contribution in [3.05, 3.63) is 71.3 Å². The second-order valence-corrected chi connectivity index (χ2v) is 14.1. The summed E-state index contributed by atoms with van der Waals surface area (Å²) < 4.78 is 0. The molecule has 0 amide bonds. The van der Waals surface area contributed by atoms with Crippen molar-refractivity contribution in [1.82, 2.24) is 0 Å². The molecule has 0 saturated heterocycles. The predicted molar refractivity (Wildman–Crippen MR) is 169 cm³/mol. The van der Waals surface area contributed by atoms with Gasteiger partial charge in [0.1, 0.15) is 34.5 Å². The minimum Gasteiger partial charge on any atom is -0.508 e. The summed E-state index contributed by atoms with van der Waals surface area (Å²) in [6, 6.07) is 14.6. The number of rotatable bonds is 3. The Hall–Kier alpha value is -4.32. The first kappa shape index (κ1) is 30.6. The van der Waals surface area contributed by atoms with Crippen LogP contribution in [0.15, 0.2) is 54.6 Å². The molecule has 0 saturated carbocycles. The van der Waals surface area contributed by atoms with Gasteiger partial charge in [0, 0.05) is 57.1 Å². The minimum absolute atomic E-state index is 0.0325. The average molecular weight is 571 g/mol. The molecule has 0 fully saturated rings. The molecule has 6 nitrogen and oxygen atoms in total. The first-order valence-electron chi connectivity index (χ1n) is 14.0. The molecule has 222 valence electrons.